The Morgan fingerprint density at radius 1 is 0.840 bits per heavy atom. The largest absolute Gasteiger partial charge is 0.238 e. The topological polar surface area (TPSA) is 60.2 Å². The van der Waals surface area contributed by atoms with E-state index >= 15 is 0 Å². The van der Waals surface area contributed by atoms with Crippen molar-refractivity contribution in [1.29, 1.82) is 0 Å². The molecular weight excluding hydrogens is 445 g/mol. The molecule has 5 heteroatoms. The van der Waals surface area contributed by atoms with Crippen molar-refractivity contribution in [2.75, 3.05) is 0 Å². The Balaban J connectivity index is 1.77. The first-order chi connectivity index (χ1) is 11.9. The SMILES string of the molecule is NS(=O)(=O)c1ccc(C2=C(c3ccc(I)cc3)CC3(CCC3)C2)cc1. The van der Waals surface area contributed by atoms with Gasteiger partial charge in [-0.15, -0.1) is 0 Å². The molecule has 130 valence electrons. The Labute approximate surface area is 162 Å². The molecule has 0 unspecified atom stereocenters. The van der Waals surface area contributed by atoms with Gasteiger partial charge in [-0.2, -0.15) is 0 Å². The number of hydrogen-bond acceptors (Lipinski definition) is 2. The van der Waals surface area contributed by atoms with Crippen LogP contribution in [0.5, 0.6) is 0 Å². The van der Waals surface area contributed by atoms with Gasteiger partial charge in [0.2, 0.25) is 10.0 Å². The molecule has 2 aromatic rings. The number of rotatable bonds is 3. The van der Waals surface area contributed by atoms with E-state index in [4.69, 9.17) is 5.14 Å². The van der Waals surface area contributed by atoms with Crippen molar-refractivity contribution in [1.82, 2.24) is 0 Å². The van der Waals surface area contributed by atoms with Crippen LogP contribution in [0.4, 0.5) is 0 Å². The standard InChI is InChI=1S/C20H20INO2S/c21-16-6-2-14(3-7-16)18-12-20(10-1-11-20)13-19(18)15-4-8-17(9-5-15)25(22,23)24/h2-9H,1,10-13H2,(H2,22,23,24). The van der Waals surface area contributed by atoms with Crippen LogP contribution in [0.25, 0.3) is 11.1 Å². The van der Waals surface area contributed by atoms with Gasteiger partial charge in [-0.3, -0.25) is 0 Å². The highest BCUT2D eigenvalue weighted by Crippen LogP contribution is 2.59. The minimum Gasteiger partial charge on any atom is -0.225 e. The Hall–Kier alpha value is -1.18. The second-order valence-electron chi connectivity index (χ2n) is 7.24. The first kappa shape index (κ1) is 17.2. The number of benzene rings is 2. The van der Waals surface area contributed by atoms with Gasteiger partial charge in [-0.25, -0.2) is 13.6 Å². The quantitative estimate of drug-likeness (QED) is 0.662. The van der Waals surface area contributed by atoms with E-state index in [-0.39, 0.29) is 4.90 Å². The van der Waals surface area contributed by atoms with E-state index in [9.17, 15) is 8.42 Å². The maximum Gasteiger partial charge on any atom is 0.238 e. The highest BCUT2D eigenvalue weighted by molar-refractivity contribution is 14.1. The Kier molecular flexibility index (Phi) is 4.29. The molecule has 2 N–H and O–H groups in total. The number of nitrogens with two attached hydrogens (primary N) is 1. The first-order valence-electron chi connectivity index (χ1n) is 8.48. The molecule has 0 bridgehead atoms. The molecule has 0 saturated heterocycles. The fourth-order valence-electron chi connectivity index (χ4n) is 4.11. The zero-order valence-electron chi connectivity index (χ0n) is 13.8. The van der Waals surface area contributed by atoms with Gasteiger partial charge >= 0.3 is 0 Å². The minimum atomic E-state index is -3.65. The van der Waals surface area contributed by atoms with Gasteiger partial charge in [0.15, 0.2) is 0 Å². The van der Waals surface area contributed by atoms with Gasteiger partial charge in [0.1, 0.15) is 0 Å². The molecule has 0 heterocycles. The van der Waals surface area contributed by atoms with Gasteiger partial charge in [0.05, 0.1) is 4.90 Å². The number of primary sulfonamides is 1. The number of allylic oxidation sites excluding steroid dienone is 2. The van der Waals surface area contributed by atoms with E-state index in [1.807, 2.05) is 12.1 Å². The van der Waals surface area contributed by atoms with E-state index < -0.39 is 10.0 Å². The summed E-state index contributed by atoms with van der Waals surface area (Å²) in [5.74, 6) is 0. The second-order valence-corrected chi connectivity index (χ2v) is 10.0. The van der Waals surface area contributed by atoms with Crippen molar-refractivity contribution in [2.45, 2.75) is 37.0 Å². The van der Waals surface area contributed by atoms with Crippen LogP contribution in [0.1, 0.15) is 43.2 Å². The second kappa shape index (κ2) is 6.21. The molecule has 3 nitrogen and oxygen atoms in total. The van der Waals surface area contributed by atoms with Crippen LogP contribution >= 0.6 is 22.6 Å². The average molecular weight is 465 g/mol. The Morgan fingerprint density at radius 3 is 1.72 bits per heavy atom. The highest BCUT2D eigenvalue weighted by atomic mass is 127. The van der Waals surface area contributed by atoms with Gasteiger partial charge < -0.3 is 0 Å². The van der Waals surface area contributed by atoms with Crippen molar-refractivity contribution in [2.24, 2.45) is 10.6 Å². The molecule has 0 radical (unpaired) electrons. The van der Waals surface area contributed by atoms with Crippen LogP contribution in [0.15, 0.2) is 53.4 Å². The third-order valence-corrected chi connectivity index (χ3v) is 7.25. The molecule has 1 fully saturated rings. The van der Waals surface area contributed by atoms with Gasteiger partial charge in [0, 0.05) is 3.57 Å². The van der Waals surface area contributed by atoms with Crippen molar-refractivity contribution in [3.8, 4) is 0 Å². The third kappa shape index (κ3) is 3.29. The van der Waals surface area contributed by atoms with Gasteiger partial charge in [-0.05, 0) is 100 Å². The van der Waals surface area contributed by atoms with E-state index in [1.54, 1.807) is 12.1 Å². The van der Waals surface area contributed by atoms with E-state index in [0.717, 1.165) is 18.4 Å². The lowest BCUT2D eigenvalue weighted by Crippen LogP contribution is -2.26. The van der Waals surface area contributed by atoms with Crippen molar-refractivity contribution < 1.29 is 8.42 Å². The average Bonchev–Trinajstić information content (AvgIpc) is 2.96. The summed E-state index contributed by atoms with van der Waals surface area (Å²) in [6.07, 6.45) is 6.11. The van der Waals surface area contributed by atoms with Gasteiger partial charge in [0.25, 0.3) is 0 Å². The summed E-state index contributed by atoms with van der Waals surface area (Å²) in [5.41, 5.74) is 5.60. The molecule has 4 rings (SSSR count). The molecule has 2 aliphatic carbocycles. The molecule has 2 aliphatic rings. The summed E-state index contributed by atoms with van der Waals surface area (Å²) in [4.78, 5) is 0.170. The molecule has 0 atom stereocenters. The third-order valence-electron chi connectivity index (χ3n) is 5.61. The minimum absolute atomic E-state index is 0.170. The van der Waals surface area contributed by atoms with Crippen molar-refractivity contribution in [3.05, 3.63) is 63.2 Å². The fourth-order valence-corrected chi connectivity index (χ4v) is 4.98. The van der Waals surface area contributed by atoms with Crippen LogP contribution < -0.4 is 5.14 Å². The summed E-state index contributed by atoms with van der Waals surface area (Å²) < 4.78 is 24.2. The predicted octanol–water partition coefficient (Wildman–Crippen LogP) is 4.81. The smallest absolute Gasteiger partial charge is 0.225 e. The molecule has 0 amide bonds. The Bertz CT molecular complexity index is 940. The van der Waals surface area contributed by atoms with Gasteiger partial charge in [-0.1, -0.05) is 30.7 Å². The molecule has 0 aromatic heterocycles. The molecule has 2 aromatic carbocycles. The molecular formula is C20H20INO2S. The normalized spacial score (nSPS) is 19.3. The summed E-state index contributed by atoms with van der Waals surface area (Å²) in [5, 5.41) is 5.23. The molecule has 25 heavy (non-hydrogen) atoms. The van der Waals surface area contributed by atoms with Crippen LogP contribution in [0.2, 0.25) is 0 Å². The summed E-state index contributed by atoms with van der Waals surface area (Å²) in [6, 6.07) is 15.7. The molecule has 0 aliphatic heterocycles. The Morgan fingerprint density at radius 2 is 1.32 bits per heavy atom. The van der Waals surface area contributed by atoms with Crippen LogP contribution in [0.3, 0.4) is 0 Å². The summed E-state index contributed by atoms with van der Waals surface area (Å²) in [7, 11) is -3.65. The fraction of sp³-hybridized carbons (Fsp3) is 0.300. The van der Waals surface area contributed by atoms with Crippen LogP contribution in [-0.4, -0.2) is 8.42 Å². The zero-order chi connectivity index (χ0) is 17.7. The summed E-state index contributed by atoms with van der Waals surface area (Å²) >= 11 is 2.33. The maximum atomic E-state index is 11.5. The number of hydrogen-bond donors (Lipinski definition) is 1. The lowest BCUT2D eigenvalue weighted by atomic mass is 9.66. The molecule has 1 saturated carbocycles. The van der Waals surface area contributed by atoms with Crippen LogP contribution in [0, 0.1) is 8.99 Å². The van der Waals surface area contributed by atoms with Crippen molar-refractivity contribution >= 4 is 43.8 Å². The van der Waals surface area contributed by atoms with E-state index in [0.29, 0.717) is 5.41 Å². The lowest BCUT2D eigenvalue weighted by Gasteiger charge is -2.39. The number of sulfonamides is 1. The zero-order valence-corrected chi connectivity index (χ0v) is 16.8. The first-order valence-corrected chi connectivity index (χ1v) is 11.1. The number of halogens is 1. The lowest BCUT2D eigenvalue weighted by molar-refractivity contribution is 0.157. The molecule has 1 spiro atoms. The predicted molar refractivity (Wildman–Crippen MR) is 109 cm³/mol. The van der Waals surface area contributed by atoms with E-state index in [1.165, 1.54) is 39.5 Å². The van der Waals surface area contributed by atoms with E-state index in [2.05, 4.69) is 46.9 Å². The van der Waals surface area contributed by atoms with Crippen LogP contribution in [-0.2, 0) is 10.0 Å². The highest BCUT2D eigenvalue weighted by Gasteiger charge is 2.43. The summed E-state index contributed by atoms with van der Waals surface area (Å²) in [6.45, 7) is 0. The van der Waals surface area contributed by atoms with Crippen molar-refractivity contribution in [3.63, 3.8) is 0 Å². The monoisotopic (exact) mass is 465 g/mol. The maximum absolute atomic E-state index is 11.5.